The van der Waals surface area contributed by atoms with E-state index in [-0.39, 0.29) is 61.6 Å². The first-order valence-electron chi connectivity index (χ1n) is 37.8. The maximum absolute atomic E-state index is 15.6. The Morgan fingerprint density at radius 2 is 0.831 bits per heavy atom. The number of hydrogen-bond acceptors (Lipinski definition) is 22. The molecule has 0 spiro atoms. The Labute approximate surface area is 704 Å². The Hall–Kier alpha value is -15.6. The van der Waals surface area contributed by atoms with Gasteiger partial charge in [-0.05, 0) is 182 Å². The van der Waals surface area contributed by atoms with E-state index in [4.69, 9.17) is 23.3 Å². The quantitative estimate of drug-likeness (QED) is 0.0588. The summed E-state index contributed by atoms with van der Waals surface area (Å²) in [5.41, 5.74) is 7.97. The normalized spacial score (nSPS) is 13.0. The summed E-state index contributed by atoms with van der Waals surface area (Å²) in [5, 5.41) is 58.9. The minimum atomic E-state index is -3.44. The lowest BCUT2D eigenvalue weighted by molar-refractivity contribution is 0.0301. The highest BCUT2D eigenvalue weighted by Gasteiger charge is 2.44. The topological polar surface area (TPSA) is 297 Å². The summed E-state index contributed by atoms with van der Waals surface area (Å²) in [6, 6.07) is 56.1. The number of piperazine rings is 1. The van der Waals surface area contributed by atoms with Crippen LogP contribution in [-0.2, 0) is 30.1 Å². The third-order valence-electron chi connectivity index (χ3n) is 20.5. The Kier molecular flexibility index (Phi) is 20.9. The molecule has 0 unspecified atom stereocenters. The average Bonchev–Trinajstić information content (AvgIpc) is 1.59. The smallest absolute Gasteiger partial charge is 0.333 e. The molecular formula is C88H56ClF8N25OS. The van der Waals surface area contributed by atoms with Crippen LogP contribution in [0.5, 0.6) is 0 Å². The van der Waals surface area contributed by atoms with E-state index in [0.29, 0.717) is 95.8 Å². The van der Waals surface area contributed by atoms with Gasteiger partial charge in [0.15, 0.2) is 22.6 Å². The second kappa shape index (κ2) is 32.5. The molecule has 19 aromatic rings. The molecule has 36 heteroatoms. The van der Waals surface area contributed by atoms with Gasteiger partial charge in [0.05, 0.1) is 43.4 Å². The second-order valence-electron chi connectivity index (χ2n) is 28.3. The number of aromatic nitrogens is 22. The Bertz CT molecular complexity index is 7280. The van der Waals surface area contributed by atoms with Gasteiger partial charge in [0, 0.05) is 118 Å². The third kappa shape index (κ3) is 15.5. The van der Waals surface area contributed by atoms with Crippen LogP contribution in [0.25, 0.3) is 106 Å². The van der Waals surface area contributed by atoms with Crippen LogP contribution < -0.4 is 0 Å². The molecule has 1 aliphatic heterocycles. The Morgan fingerprint density at radius 1 is 0.427 bits per heavy atom. The molecular weight excluding hydrogens is 1640 g/mol. The first kappa shape index (κ1) is 79.5. The van der Waals surface area contributed by atoms with Crippen LogP contribution in [0.4, 0.5) is 35.1 Å². The van der Waals surface area contributed by atoms with E-state index in [1.165, 1.54) is 78.3 Å². The maximum Gasteiger partial charge on any atom is 0.333 e. The van der Waals surface area contributed by atoms with Crippen molar-refractivity contribution in [3.8, 4) is 62.8 Å². The molecule has 608 valence electrons. The van der Waals surface area contributed by atoms with Gasteiger partial charge in [-0.3, -0.25) is 19.7 Å². The first-order valence-corrected chi connectivity index (χ1v) is 39.0. The number of alkyl halides is 8. The molecule has 21 rings (SSSR count). The van der Waals surface area contributed by atoms with Gasteiger partial charge in [0.1, 0.15) is 28.3 Å². The molecule has 26 nitrogen and oxygen atoms in total. The van der Waals surface area contributed by atoms with Gasteiger partial charge < -0.3 is 9.80 Å². The number of pyridine rings is 6. The number of halogens is 9. The van der Waals surface area contributed by atoms with E-state index in [2.05, 4.69) is 102 Å². The number of rotatable bonds is 13. The van der Waals surface area contributed by atoms with E-state index in [1.807, 2.05) is 30.2 Å². The number of fused-ring (bicyclic) bond motifs is 8. The van der Waals surface area contributed by atoms with Crippen molar-refractivity contribution in [2.75, 3.05) is 33.2 Å². The summed E-state index contributed by atoms with van der Waals surface area (Å²) in [6.45, 7) is 3.05. The predicted octanol–water partition coefficient (Wildman–Crippen LogP) is 16.1. The zero-order valence-electron chi connectivity index (χ0n) is 64.3. The number of nitrogens with zero attached hydrogens (tertiary/aromatic N) is 25. The van der Waals surface area contributed by atoms with Crippen molar-refractivity contribution < 1.29 is 39.9 Å². The molecule has 1 aliphatic carbocycles. The monoisotopic (exact) mass is 1700 g/mol. The van der Waals surface area contributed by atoms with Gasteiger partial charge in [-0.15, -0.1) is 58.5 Å². The lowest BCUT2D eigenvalue weighted by Crippen LogP contribution is -2.46. The van der Waals surface area contributed by atoms with Crippen molar-refractivity contribution in [2.45, 2.75) is 30.1 Å². The van der Waals surface area contributed by atoms with Gasteiger partial charge in [0.25, 0.3) is 5.91 Å². The first-order chi connectivity index (χ1) is 60.0. The van der Waals surface area contributed by atoms with E-state index in [1.54, 1.807) is 176 Å². The number of allylic oxidation sites excluding steroid dienone is 1. The number of likely N-dealkylation sites (N-methyl/N-ethyl adjacent to an activating group) is 1. The van der Waals surface area contributed by atoms with Crippen LogP contribution >= 0.6 is 22.9 Å². The number of carbonyl (C=O) groups is 1. The SMILES string of the molecule is C#Cc1cc(-c2ccc3nnc(C(F)(F)c4ccc5ncccc5c4)n3n2)ccn1.CN1CCN(C(=O)c2ccc(-c3ccc4nnc(C(F)(F)c5ccc6c(c5)C=CC6)n4n3)s2)CC1.FC(F)(c1ccc2ncccc2c1)c1nnc2ccc(-c3ccnc(Cl)c3)nn12.N#Cc1cc(-c2ccc3nnc(C(F)(F)c4ccc5ncccc5c4)n3n2)ccn1. The number of hydrogen-bond donors (Lipinski definition) is 0. The number of nitriles is 1. The lowest BCUT2D eigenvalue weighted by atomic mass is 10.0. The fraction of sp³-hybridized carbons (Fsp3) is 0.114. The number of carbonyl (C=O) groups excluding carboxylic acids is 1. The molecule has 1 fully saturated rings. The highest BCUT2D eigenvalue weighted by molar-refractivity contribution is 7.17. The van der Waals surface area contributed by atoms with Gasteiger partial charge in [-0.2, -0.15) is 78.8 Å². The zero-order chi connectivity index (χ0) is 85.6. The molecule has 15 aromatic heterocycles. The molecule has 0 bridgehead atoms. The Morgan fingerprint density at radius 3 is 1.27 bits per heavy atom. The van der Waals surface area contributed by atoms with E-state index in [9.17, 15) is 4.79 Å². The minimum absolute atomic E-state index is 0.0161. The van der Waals surface area contributed by atoms with Crippen molar-refractivity contribution in [3.05, 3.63) is 328 Å². The summed E-state index contributed by atoms with van der Waals surface area (Å²) in [7, 11) is 2.04. The van der Waals surface area contributed by atoms with E-state index in [0.717, 1.165) is 53.6 Å². The molecule has 1 amide bonds. The number of amides is 1. The summed E-state index contributed by atoms with van der Waals surface area (Å²) < 4.78 is 128. The third-order valence-corrected chi connectivity index (χ3v) is 21.8. The van der Waals surface area contributed by atoms with Crippen LogP contribution in [-0.4, -0.2) is 158 Å². The van der Waals surface area contributed by atoms with Crippen LogP contribution in [0.1, 0.15) is 77.7 Å². The van der Waals surface area contributed by atoms with Crippen LogP contribution in [0.2, 0.25) is 5.15 Å². The van der Waals surface area contributed by atoms with Crippen molar-refractivity contribution in [3.63, 3.8) is 0 Å². The van der Waals surface area contributed by atoms with Crippen molar-refractivity contribution in [2.24, 2.45) is 0 Å². The molecule has 0 saturated carbocycles. The van der Waals surface area contributed by atoms with Gasteiger partial charge in [-0.1, -0.05) is 78.2 Å². The van der Waals surface area contributed by atoms with Crippen LogP contribution in [0.15, 0.2) is 250 Å². The minimum Gasteiger partial charge on any atom is -0.335 e. The molecule has 2 aliphatic rings. The van der Waals surface area contributed by atoms with Crippen LogP contribution in [0.3, 0.4) is 0 Å². The zero-order valence-corrected chi connectivity index (χ0v) is 65.8. The van der Waals surface area contributed by atoms with Gasteiger partial charge in [0.2, 0.25) is 23.3 Å². The summed E-state index contributed by atoms with van der Waals surface area (Å²) in [5.74, 6) is -13.5. The summed E-state index contributed by atoms with van der Waals surface area (Å²) in [6.07, 6.45) is 19.3. The number of thiophene rings is 1. The second-order valence-corrected chi connectivity index (χ2v) is 29.8. The van der Waals surface area contributed by atoms with Gasteiger partial charge in [-0.25, -0.2) is 15.0 Å². The molecule has 124 heavy (non-hydrogen) atoms. The standard InChI is InChI=1S/C25H22F2N6OS.C22H12F2N6.C21H11F2N7.C20H11ClF2N6/c1-31-11-13-32(14-12-31)23(34)21-9-8-20(35-21)19-7-10-22-28-29-24(33(22)30-19)25(26,27)18-6-5-16-3-2-4-17(16)15-18;1-2-17-13-15(9-11-25-17)19-7-8-20-27-28-21(30(20)29-19)22(23,24)16-5-6-18-14(12-16)4-3-10-26-18;22-21(23,15-3-4-17-13(10-15)2-1-8-26-17)20-28-27-19-6-5-18(29-30(19)20)14-7-9-25-16(11-14)12-24;21-17-11-13(7-9-25-17)16-5-6-18-26-27-19(29(18)28-16)20(22,23)14-3-4-15-12(10-14)2-1-8-24-15/h2,4-10,15H,3,11-14H2,1H3;1,3-13H;1-11H;1-11H. The van der Waals surface area contributed by atoms with Gasteiger partial charge >= 0.3 is 23.7 Å². The van der Waals surface area contributed by atoms with Crippen molar-refractivity contribution >= 4 is 90.2 Å². The highest BCUT2D eigenvalue weighted by Crippen LogP contribution is 2.42. The molecule has 0 N–H and O–H groups in total. The fourth-order valence-corrected chi connectivity index (χ4v) is 15.1. The maximum atomic E-state index is 15.6. The summed E-state index contributed by atoms with van der Waals surface area (Å²) in [4.78, 5) is 42.6. The number of terminal acetylenes is 1. The Balaban J connectivity index is 0.000000113. The predicted molar refractivity (Wildman–Crippen MR) is 444 cm³/mol. The van der Waals surface area contributed by atoms with Crippen molar-refractivity contribution in [1.82, 2.24) is 119 Å². The molecule has 4 aromatic carbocycles. The average molecular weight is 1700 g/mol. The molecule has 1 saturated heterocycles. The lowest BCUT2D eigenvalue weighted by Gasteiger charge is -2.32. The molecule has 16 heterocycles. The molecule has 0 radical (unpaired) electrons. The fourth-order valence-electron chi connectivity index (χ4n) is 13.9. The van der Waals surface area contributed by atoms with E-state index < -0.39 is 47.0 Å². The summed E-state index contributed by atoms with van der Waals surface area (Å²) >= 11 is 7.23. The van der Waals surface area contributed by atoms with Crippen LogP contribution in [0, 0.1) is 23.7 Å². The van der Waals surface area contributed by atoms with Crippen molar-refractivity contribution in [1.29, 1.82) is 5.26 Å². The van der Waals surface area contributed by atoms with E-state index >= 15 is 35.1 Å². The molecule has 0 atom stereocenters. The number of benzene rings is 4. The highest BCUT2D eigenvalue weighted by atomic mass is 35.5. The largest absolute Gasteiger partial charge is 0.335 e.